The van der Waals surface area contributed by atoms with Crippen LogP contribution < -0.4 is 0 Å². The minimum Gasteiger partial charge on any atom is -0.326 e. The van der Waals surface area contributed by atoms with Gasteiger partial charge >= 0.3 is 8.25 Å². The van der Waals surface area contributed by atoms with Crippen LogP contribution in [-0.4, -0.2) is 10.5 Å². The number of hydrogen-bond donors (Lipinski definition) is 1. The predicted octanol–water partition coefficient (Wildman–Crippen LogP) is 2.46. The smallest absolute Gasteiger partial charge is 0.317 e. The Bertz CT molecular complexity index is 213. The van der Waals surface area contributed by atoms with E-state index in [4.69, 9.17) is 9.42 Å². The summed E-state index contributed by atoms with van der Waals surface area (Å²) < 4.78 is 15.5. The Morgan fingerprint density at radius 3 is 2.00 bits per heavy atom. The van der Waals surface area contributed by atoms with Crippen LogP contribution in [0.4, 0.5) is 0 Å². The quantitative estimate of drug-likeness (QED) is 0.509. The van der Waals surface area contributed by atoms with Crippen LogP contribution in [0.3, 0.4) is 0 Å². The summed E-state index contributed by atoms with van der Waals surface area (Å²) in [5.74, 6) is 0. The van der Waals surface area contributed by atoms with Crippen molar-refractivity contribution in [2.45, 2.75) is 18.4 Å². The Hall–Kier alpha value is -0.630. The van der Waals surface area contributed by atoms with Crippen LogP contribution >= 0.6 is 8.25 Å². The first-order valence-corrected chi connectivity index (χ1v) is 5.14. The van der Waals surface area contributed by atoms with Crippen LogP contribution in [0.15, 0.2) is 38.0 Å². The van der Waals surface area contributed by atoms with Gasteiger partial charge in [0, 0.05) is 0 Å². The van der Waals surface area contributed by atoms with Crippen molar-refractivity contribution in [1.29, 1.82) is 0 Å². The highest BCUT2D eigenvalue weighted by Gasteiger charge is 2.26. The average Bonchev–Trinajstić information content (AvgIpc) is 2.04. The van der Waals surface area contributed by atoms with Crippen molar-refractivity contribution in [3.8, 4) is 0 Å². The van der Waals surface area contributed by atoms with E-state index in [1.54, 1.807) is 12.2 Å². The molecule has 74 valence electrons. The normalized spacial score (nSPS) is 13.3. The second-order valence-electron chi connectivity index (χ2n) is 2.62. The molecule has 0 rings (SSSR count). The predicted molar refractivity (Wildman–Crippen MR) is 54.9 cm³/mol. The first kappa shape index (κ1) is 12.4. The molecule has 1 N–H and O–H groups in total. The summed E-state index contributed by atoms with van der Waals surface area (Å²) in [4.78, 5) is 8.68. The number of hydrogen-bond acceptors (Lipinski definition) is 2. The summed E-state index contributed by atoms with van der Waals surface area (Å²) in [6.45, 7) is 10.7. The third kappa shape index (κ3) is 4.23. The van der Waals surface area contributed by atoms with Gasteiger partial charge in [-0.05, 0) is 12.8 Å². The molecule has 0 aromatic carbocycles. The van der Waals surface area contributed by atoms with E-state index in [0.717, 1.165) is 0 Å². The maximum absolute atomic E-state index is 10.6. The Balaban J connectivity index is 4.60. The summed E-state index contributed by atoms with van der Waals surface area (Å²) in [7, 11) is -2.96. The highest BCUT2D eigenvalue weighted by molar-refractivity contribution is 7.32. The topological polar surface area (TPSA) is 46.5 Å². The zero-order valence-corrected chi connectivity index (χ0v) is 8.53. The van der Waals surface area contributed by atoms with Gasteiger partial charge in [0.1, 0.15) is 5.60 Å². The molecule has 0 bridgehead atoms. The van der Waals surface area contributed by atoms with Crippen molar-refractivity contribution in [2.75, 3.05) is 0 Å². The summed E-state index contributed by atoms with van der Waals surface area (Å²) in [6.07, 6.45) is 5.64. The largest absolute Gasteiger partial charge is 0.326 e. The fourth-order valence-electron chi connectivity index (χ4n) is 1.04. The van der Waals surface area contributed by atoms with Gasteiger partial charge in [-0.15, -0.1) is 19.7 Å². The molecule has 0 aromatic rings. The molecule has 4 heteroatoms. The molecule has 0 aliphatic heterocycles. The first-order valence-electron chi connectivity index (χ1n) is 3.87. The lowest BCUT2D eigenvalue weighted by Crippen LogP contribution is -2.25. The average molecular weight is 202 g/mol. The minimum atomic E-state index is -2.96. The Morgan fingerprint density at radius 1 is 1.31 bits per heavy atom. The van der Waals surface area contributed by atoms with E-state index in [0.29, 0.717) is 12.8 Å². The summed E-state index contributed by atoms with van der Waals surface area (Å²) in [5, 5.41) is 0. The van der Waals surface area contributed by atoms with Gasteiger partial charge in [-0.25, -0.2) is 0 Å². The molecule has 1 atom stereocenters. The van der Waals surface area contributed by atoms with Gasteiger partial charge in [0.2, 0.25) is 0 Å². The van der Waals surface area contributed by atoms with E-state index in [-0.39, 0.29) is 0 Å². The van der Waals surface area contributed by atoms with Crippen LogP contribution in [0.1, 0.15) is 12.8 Å². The molecular formula is C9H15O3P. The molecule has 13 heavy (non-hydrogen) atoms. The van der Waals surface area contributed by atoms with Gasteiger partial charge in [0.15, 0.2) is 0 Å². The lowest BCUT2D eigenvalue weighted by Gasteiger charge is -2.26. The standard InChI is InChI=1S/C9H15O3P/c1-4-7-9(6-3,8-5-2)12-13(10)11/h4-6,13H,1-3,7-8H2,(H,10,11). The van der Waals surface area contributed by atoms with Gasteiger partial charge in [-0.1, -0.05) is 18.2 Å². The van der Waals surface area contributed by atoms with Gasteiger partial charge in [-0.2, -0.15) is 0 Å². The second-order valence-corrected chi connectivity index (χ2v) is 3.36. The maximum atomic E-state index is 10.6. The highest BCUT2D eigenvalue weighted by atomic mass is 31.1. The molecule has 0 aliphatic rings. The first-order chi connectivity index (χ1) is 6.10. The fourth-order valence-corrected chi connectivity index (χ4v) is 1.64. The van der Waals surface area contributed by atoms with Gasteiger partial charge < -0.3 is 4.89 Å². The molecule has 0 aliphatic carbocycles. The summed E-state index contributed by atoms with van der Waals surface area (Å²) in [5.41, 5.74) is -0.825. The van der Waals surface area contributed by atoms with Crippen molar-refractivity contribution in [3.05, 3.63) is 38.0 Å². The Labute approximate surface area is 79.4 Å². The fraction of sp³-hybridized carbons (Fsp3) is 0.333. The molecule has 0 heterocycles. The Kier molecular flexibility index (Phi) is 5.63. The third-order valence-electron chi connectivity index (χ3n) is 1.64. The summed E-state index contributed by atoms with van der Waals surface area (Å²) in [6, 6.07) is 0. The maximum Gasteiger partial charge on any atom is 0.317 e. The lowest BCUT2D eigenvalue weighted by molar-refractivity contribution is 0.120. The molecule has 0 fully saturated rings. The van der Waals surface area contributed by atoms with Crippen molar-refractivity contribution in [1.82, 2.24) is 0 Å². The van der Waals surface area contributed by atoms with Crippen molar-refractivity contribution >= 4 is 8.25 Å². The zero-order valence-electron chi connectivity index (χ0n) is 7.53. The molecular weight excluding hydrogens is 187 g/mol. The van der Waals surface area contributed by atoms with Gasteiger partial charge in [0.25, 0.3) is 0 Å². The SMILES string of the molecule is C=CCC(C=C)(CC=C)O[PH](=O)O. The van der Waals surface area contributed by atoms with Gasteiger partial charge in [-0.3, -0.25) is 9.09 Å². The van der Waals surface area contributed by atoms with E-state index in [9.17, 15) is 4.57 Å². The van der Waals surface area contributed by atoms with E-state index < -0.39 is 13.9 Å². The van der Waals surface area contributed by atoms with Crippen LogP contribution in [0.25, 0.3) is 0 Å². The molecule has 0 saturated heterocycles. The van der Waals surface area contributed by atoms with Crippen LogP contribution in [0, 0.1) is 0 Å². The molecule has 0 radical (unpaired) electrons. The Morgan fingerprint density at radius 2 is 1.77 bits per heavy atom. The van der Waals surface area contributed by atoms with E-state index in [1.165, 1.54) is 6.08 Å². The third-order valence-corrected chi connectivity index (χ3v) is 2.22. The van der Waals surface area contributed by atoms with Gasteiger partial charge in [0.05, 0.1) is 0 Å². The lowest BCUT2D eigenvalue weighted by atomic mass is 9.96. The highest BCUT2D eigenvalue weighted by Crippen LogP contribution is 2.33. The van der Waals surface area contributed by atoms with Crippen molar-refractivity contribution < 1.29 is 14.0 Å². The van der Waals surface area contributed by atoms with Crippen molar-refractivity contribution in [2.24, 2.45) is 0 Å². The molecule has 0 saturated carbocycles. The van der Waals surface area contributed by atoms with Crippen molar-refractivity contribution in [3.63, 3.8) is 0 Å². The van der Waals surface area contributed by atoms with E-state index >= 15 is 0 Å². The molecule has 0 aromatic heterocycles. The molecule has 0 amide bonds. The van der Waals surface area contributed by atoms with E-state index in [2.05, 4.69) is 19.7 Å². The molecule has 1 unspecified atom stereocenters. The number of rotatable bonds is 7. The van der Waals surface area contributed by atoms with Crippen LogP contribution in [0.5, 0.6) is 0 Å². The molecule has 3 nitrogen and oxygen atoms in total. The minimum absolute atomic E-state index is 0.444. The van der Waals surface area contributed by atoms with Crippen LogP contribution in [-0.2, 0) is 9.09 Å². The van der Waals surface area contributed by atoms with E-state index in [1.807, 2.05) is 0 Å². The van der Waals surface area contributed by atoms with Crippen LogP contribution in [0.2, 0.25) is 0 Å². The zero-order chi connectivity index (χ0) is 10.3. The summed E-state index contributed by atoms with van der Waals surface area (Å²) >= 11 is 0. The molecule has 0 spiro atoms. The monoisotopic (exact) mass is 202 g/mol. The second kappa shape index (κ2) is 5.92.